The molecule has 2 rings (SSSR count). The fraction of sp³-hybridized carbons (Fsp3) is 0.800. The predicted molar refractivity (Wildman–Crippen MR) is 43.8 cm³/mol. The van der Waals surface area contributed by atoms with Crippen LogP contribution in [-0.2, 0) is 0 Å². The smallest absolute Gasteiger partial charge is 0.0193 e. The highest BCUT2D eigenvalue weighted by atomic mass is 14.6. The van der Waals surface area contributed by atoms with Gasteiger partial charge < -0.3 is 0 Å². The van der Waals surface area contributed by atoms with Gasteiger partial charge in [0, 0.05) is 0 Å². The van der Waals surface area contributed by atoms with Crippen molar-refractivity contribution in [2.24, 2.45) is 17.3 Å². The zero-order chi connectivity index (χ0) is 7.35. The minimum absolute atomic E-state index is 0.747. The number of hydrogen-bond donors (Lipinski definition) is 0. The highest BCUT2D eigenvalue weighted by molar-refractivity contribution is 5.20. The second-order valence-corrected chi connectivity index (χ2v) is 4.44. The Kier molecular flexibility index (Phi) is 1.07. The van der Waals surface area contributed by atoms with E-state index in [0.29, 0.717) is 0 Å². The van der Waals surface area contributed by atoms with E-state index in [1.807, 2.05) is 0 Å². The Morgan fingerprint density at radius 3 is 2.30 bits per heavy atom. The first-order valence-corrected chi connectivity index (χ1v) is 4.31. The van der Waals surface area contributed by atoms with E-state index in [0.717, 1.165) is 17.3 Å². The van der Waals surface area contributed by atoms with Crippen molar-refractivity contribution in [3.8, 4) is 0 Å². The fourth-order valence-corrected chi connectivity index (χ4v) is 2.86. The molecule has 0 heterocycles. The molecule has 2 unspecified atom stereocenters. The maximum Gasteiger partial charge on any atom is -0.0193 e. The van der Waals surface area contributed by atoms with Gasteiger partial charge in [0.05, 0.1) is 0 Å². The molecule has 2 aliphatic rings. The predicted octanol–water partition coefficient (Wildman–Crippen LogP) is 3.00. The molecule has 2 aliphatic carbocycles. The quantitative estimate of drug-likeness (QED) is 0.449. The second-order valence-electron chi connectivity index (χ2n) is 4.44. The van der Waals surface area contributed by atoms with E-state index in [4.69, 9.17) is 0 Å². The summed E-state index contributed by atoms with van der Waals surface area (Å²) in [6, 6.07) is 0. The molecule has 0 radical (unpaired) electrons. The van der Waals surface area contributed by atoms with Gasteiger partial charge in [-0.15, -0.1) is 0 Å². The highest BCUT2D eigenvalue weighted by Gasteiger charge is 2.53. The standard InChI is InChI=1S/C10H16/c1-7-4-10(5-7)6-8(2)9(10)3/h8-9H,1,4-6H2,2-3H3. The van der Waals surface area contributed by atoms with Crippen molar-refractivity contribution in [1.82, 2.24) is 0 Å². The Morgan fingerprint density at radius 1 is 1.40 bits per heavy atom. The third kappa shape index (κ3) is 0.574. The Hall–Kier alpha value is -0.260. The van der Waals surface area contributed by atoms with Gasteiger partial charge in [-0.25, -0.2) is 0 Å². The van der Waals surface area contributed by atoms with E-state index < -0.39 is 0 Å². The molecular weight excluding hydrogens is 120 g/mol. The van der Waals surface area contributed by atoms with Crippen molar-refractivity contribution in [3.05, 3.63) is 12.2 Å². The Labute approximate surface area is 63.3 Å². The molecule has 0 bridgehead atoms. The fourth-order valence-electron chi connectivity index (χ4n) is 2.86. The van der Waals surface area contributed by atoms with Crippen LogP contribution >= 0.6 is 0 Å². The maximum absolute atomic E-state index is 4.00. The molecular formula is C10H16. The number of allylic oxidation sites excluding steroid dienone is 1. The van der Waals surface area contributed by atoms with Crippen LogP contribution in [0.25, 0.3) is 0 Å². The molecule has 0 aromatic rings. The molecule has 0 aromatic carbocycles. The van der Waals surface area contributed by atoms with Crippen molar-refractivity contribution in [2.75, 3.05) is 0 Å². The molecule has 0 N–H and O–H groups in total. The molecule has 1 spiro atoms. The molecule has 56 valence electrons. The van der Waals surface area contributed by atoms with E-state index in [1.54, 1.807) is 0 Å². The van der Waals surface area contributed by atoms with Gasteiger partial charge in [0.15, 0.2) is 0 Å². The largest absolute Gasteiger partial charge is 0.0998 e. The molecule has 0 nitrogen and oxygen atoms in total. The summed E-state index contributed by atoms with van der Waals surface area (Å²) in [6.07, 6.45) is 4.13. The van der Waals surface area contributed by atoms with E-state index in [1.165, 1.54) is 24.8 Å². The van der Waals surface area contributed by atoms with Gasteiger partial charge >= 0.3 is 0 Å². The lowest BCUT2D eigenvalue weighted by Crippen LogP contribution is -2.50. The van der Waals surface area contributed by atoms with Crippen LogP contribution < -0.4 is 0 Å². The summed E-state index contributed by atoms with van der Waals surface area (Å²) in [4.78, 5) is 0. The van der Waals surface area contributed by atoms with Gasteiger partial charge in [0.1, 0.15) is 0 Å². The molecule has 2 fully saturated rings. The minimum atomic E-state index is 0.747. The van der Waals surface area contributed by atoms with Crippen molar-refractivity contribution in [2.45, 2.75) is 33.1 Å². The van der Waals surface area contributed by atoms with Crippen LogP contribution in [0.4, 0.5) is 0 Å². The first-order valence-electron chi connectivity index (χ1n) is 4.31. The van der Waals surface area contributed by atoms with E-state index in [2.05, 4.69) is 20.4 Å². The van der Waals surface area contributed by atoms with Crippen molar-refractivity contribution >= 4 is 0 Å². The third-order valence-corrected chi connectivity index (χ3v) is 3.75. The van der Waals surface area contributed by atoms with Crippen LogP contribution in [0.3, 0.4) is 0 Å². The minimum Gasteiger partial charge on any atom is -0.0998 e. The van der Waals surface area contributed by atoms with Crippen LogP contribution in [0.15, 0.2) is 12.2 Å². The number of hydrogen-bond acceptors (Lipinski definition) is 0. The Bertz CT molecular complexity index is 170. The van der Waals surface area contributed by atoms with E-state index in [9.17, 15) is 0 Å². The molecule has 2 atom stereocenters. The van der Waals surface area contributed by atoms with E-state index in [-0.39, 0.29) is 0 Å². The number of rotatable bonds is 0. The lowest BCUT2D eigenvalue weighted by molar-refractivity contribution is -0.0549. The van der Waals surface area contributed by atoms with Gasteiger partial charge in [-0.05, 0) is 36.5 Å². The molecule has 0 aromatic heterocycles. The van der Waals surface area contributed by atoms with Gasteiger partial charge in [0.2, 0.25) is 0 Å². The maximum atomic E-state index is 4.00. The lowest BCUT2D eigenvalue weighted by atomic mass is 9.45. The van der Waals surface area contributed by atoms with Gasteiger partial charge in [-0.1, -0.05) is 26.0 Å². The summed E-state index contributed by atoms with van der Waals surface area (Å²) in [5.74, 6) is 1.95. The summed E-state index contributed by atoms with van der Waals surface area (Å²) in [6.45, 7) is 8.77. The first-order chi connectivity index (χ1) is 4.64. The summed E-state index contributed by atoms with van der Waals surface area (Å²) in [5.41, 5.74) is 2.23. The summed E-state index contributed by atoms with van der Waals surface area (Å²) in [7, 11) is 0. The molecule has 0 saturated heterocycles. The second kappa shape index (κ2) is 1.66. The van der Waals surface area contributed by atoms with Crippen LogP contribution in [0.1, 0.15) is 33.1 Å². The van der Waals surface area contributed by atoms with Crippen LogP contribution in [0.5, 0.6) is 0 Å². The third-order valence-electron chi connectivity index (χ3n) is 3.75. The van der Waals surface area contributed by atoms with Crippen LogP contribution in [0, 0.1) is 17.3 Å². The topological polar surface area (TPSA) is 0 Å². The Morgan fingerprint density at radius 2 is 2.00 bits per heavy atom. The summed E-state index contributed by atoms with van der Waals surface area (Å²) < 4.78 is 0. The van der Waals surface area contributed by atoms with Crippen molar-refractivity contribution < 1.29 is 0 Å². The molecule has 0 aliphatic heterocycles. The average molecular weight is 136 g/mol. The highest BCUT2D eigenvalue weighted by Crippen LogP contribution is 2.63. The average Bonchev–Trinajstić information content (AvgIpc) is 1.84. The van der Waals surface area contributed by atoms with Gasteiger partial charge in [-0.3, -0.25) is 0 Å². The Balaban J connectivity index is 2.03. The molecule has 2 saturated carbocycles. The first kappa shape index (κ1) is 6.45. The normalized spacial score (nSPS) is 42.8. The zero-order valence-electron chi connectivity index (χ0n) is 6.98. The lowest BCUT2D eigenvalue weighted by Gasteiger charge is -2.60. The summed E-state index contributed by atoms with van der Waals surface area (Å²) >= 11 is 0. The van der Waals surface area contributed by atoms with Gasteiger partial charge in [0.25, 0.3) is 0 Å². The molecule has 10 heavy (non-hydrogen) atoms. The SMILES string of the molecule is C=C1CC2(C1)CC(C)C2C. The van der Waals surface area contributed by atoms with Crippen molar-refractivity contribution in [1.29, 1.82) is 0 Å². The van der Waals surface area contributed by atoms with Crippen LogP contribution in [-0.4, -0.2) is 0 Å². The van der Waals surface area contributed by atoms with Gasteiger partial charge in [-0.2, -0.15) is 0 Å². The monoisotopic (exact) mass is 136 g/mol. The zero-order valence-corrected chi connectivity index (χ0v) is 6.98. The molecule has 0 heteroatoms. The molecule has 0 amide bonds. The van der Waals surface area contributed by atoms with Crippen molar-refractivity contribution in [3.63, 3.8) is 0 Å². The van der Waals surface area contributed by atoms with E-state index >= 15 is 0 Å². The summed E-state index contributed by atoms with van der Waals surface area (Å²) in [5, 5.41) is 0. The van der Waals surface area contributed by atoms with Crippen LogP contribution in [0.2, 0.25) is 0 Å².